The van der Waals surface area contributed by atoms with Crippen LogP contribution in [0.25, 0.3) is 10.9 Å². The average molecular weight is 294 g/mol. The molecule has 2 nitrogen and oxygen atoms in total. The van der Waals surface area contributed by atoms with Gasteiger partial charge < -0.3 is 10.7 Å². The van der Waals surface area contributed by atoms with E-state index in [1.165, 1.54) is 5.39 Å². The Balaban J connectivity index is 0.000000605. The third kappa shape index (κ3) is 2.01. The summed E-state index contributed by atoms with van der Waals surface area (Å²) < 4.78 is 0. The van der Waals surface area contributed by atoms with Crippen molar-refractivity contribution in [1.82, 2.24) is 4.98 Å². The largest absolute Gasteiger partial charge is 0.399 e. The summed E-state index contributed by atoms with van der Waals surface area (Å²) >= 11 is 0. The van der Waals surface area contributed by atoms with Gasteiger partial charge in [0, 0.05) is 17.4 Å². The van der Waals surface area contributed by atoms with Crippen LogP contribution in [0.1, 0.15) is 0 Å². The second-order valence-electron chi connectivity index (χ2n) is 2.32. The second kappa shape index (κ2) is 4.52. The lowest BCUT2D eigenvalue weighted by Crippen LogP contribution is -1.81. The highest BCUT2D eigenvalue weighted by atomic mass is 79.9. The Bertz CT molecular complexity index is 357. The van der Waals surface area contributed by atoms with E-state index in [2.05, 4.69) is 4.98 Å². The first-order valence-corrected chi connectivity index (χ1v) is 3.19. The number of nitrogens with two attached hydrogens (primary N) is 1. The Morgan fingerprint density at radius 3 is 2.58 bits per heavy atom. The van der Waals surface area contributed by atoms with Crippen LogP contribution in [0.3, 0.4) is 0 Å². The Morgan fingerprint density at radius 2 is 1.83 bits per heavy atom. The number of benzene rings is 1. The number of nitrogens with one attached hydrogen (secondary N) is 1. The predicted molar refractivity (Wildman–Crippen MR) is 63.4 cm³/mol. The van der Waals surface area contributed by atoms with Crippen molar-refractivity contribution >= 4 is 50.6 Å². The lowest BCUT2D eigenvalue weighted by molar-refractivity contribution is 1.48. The van der Waals surface area contributed by atoms with Crippen molar-refractivity contribution in [1.29, 1.82) is 0 Å². The van der Waals surface area contributed by atoms with Gasteiger partial charge in [0.25, 0.3) is 0 Å². The molecule has 0 spiro atoms. The number of aromatic amines is 1. The predicted octanol–water partition coefficient (Wildman–Crippen LogP) is 2.91. The van der Waals surface area contributed by atoms with Gasteiger partial charge >= 0.3 is 0 Å². The summed E-state index contributed by atoms with van der Waals surface area (Å²) in [5.41, 5.74) is 7.46. The number of halogens is 2. The molecule has 0 aliphatic carbocycles. The summed E-state index contributed by atoms with van der Waals surface area (Å²) in [5, 5.41) is 1.20. The standard InChI is InChI=1S/C8H8N2.2BrH/c9-7-2-1-6-3-4-10-8(6)5-7;;/h1-5,10H,9H2;2*1H. The number of rotatable bonds is 0. The molecule has 0 bridgehead atoms. The molecule has 66 valence electrons. The molecule has 0 amide bonds. The molecule has 0 atom stereocenters. The van der Waals surface area contributed by atoms with Gasteiger partial charge in [0.05, 0.1) is 0 Å². The number of fused-ring (bicyclic) bond motifs is 1. The quantitative estimate of drug-likeness (QED) is 0.721. The second-order valence-corrected chi connectivity index (χ2v) is 2.32. The van der Waals surface area contributed by atoms with Crippen molar-refractivity contribution in [2.45, 2.75) is 0 Å². The minimum absolute atomic E-state index is 0. The van der Waals surface area contributed by atoms with Gasteiger partial charge in [0.1, 0.15) is 0 Å². The topological polar surface area (TPSA) is 41.8 Å². The third-order valence-corrected chi connectivity index (χ3v) is 1.58. The van der Waals surface area contributed by atoms with Crippen LogP contribution >= 0.6 is 34.0 Å². The molecule has 1 aromatic heterocycles. The smallest absolute Gasteiger partial charge is 0.0474 e. The van der Waals surface area contributed by atoms with Gasteiger partial charge in [-0.25, -0.2) is 0 Å². The summed E-state index contributed by atoms with van der Waals surface area (Å²) in [6.07, 6.45) is 1.91. The van der Waals surface area contributed by atoms with E-state index in [1.54, 1.807) is 0 Å². The summed E-state index contributed by atoms with van der Waals surface area (Å²) in [5.74, 6) is 0. The number of aromatic nitrogens is 1. The normalized spacial score (nSPS) is 8.67. The fraction of sp³-hybridized carbons (Fsp3) is 0. The van der Waals surface area contributed by atoms with E-state index in [0.29, 0.717) is 0 Å². The van der Waals surface area contributed by atoms with Crippen molar-refractivity contribution in [3.63, 3.8) is 0 Å². The lowest BCUT2D eigenvalue weighted by atomic mass is 10.2. The van der Waals surface area contributed by atoms with Crippen molar-refractivity contribution in [2.75, 3.05) is 5.73 Å². The van der Waals surface area contributed by atoms with Gasteiger partial charge in [-0.2, -0.15) is 0 Å². The van der Waals surface area contributed by atoms with Gasteiger partial charge in [-0.1, -0.05) is 6.07 Å². The zero-order chi connectivity index (χ0) is 6.97. The van der Waals surface area contributed by atoms with Crippen molar-refractivity contribution in [2.24, 2.45) is 0 Å². The molecule has 0 fully saturated rings. The molecule has 0 aliphatic heterocycles. The zero-order valence-corrected chi connectivity index (χ0v) is 9.71. The van der Waals surface area contributed by atoms with Crippen LogP contribution in [0, 0.1) is 0 Å². The Kier molecular flexibility index (Phi) is 4.34. The van der Waals surface area contributed by atoms with Crippen LogP contribution in [-0.4, -0.2) is 4.98 Å². The molecule has 0 unspecified atom stereocenters. The first-order valence-electron chi connectivity index (χ1n) is 3.19. The molecule has 0 aliphatic rings. The van der Waals surface area contributed by atoms with Gasteiger partial charge in [-0.15, -0.1) is 34.0 Å². The van der Waals surface area contributed by atoms with E-state index in [1.807, 2.05) is 30.5 Å². The Hall–Kier alpha value is -0.480. The highest BCUT2D eigenvalue weighted by Crippen LogP contribution is 2.14. The molecule has 2 aromatic rings. The maximum Gasteiger partial charge on any atom is 0.0474 e. The molecular formula is C8H10Br2N2. The highest BCUT2D eigenvalue weighted by Gasteiger charge is 1.91. The molecular weight excluding hydrogens is 284 g/mol. The minimum Gasteiger partial charge on any atom is -0.399 e. The van der Waals surface area contributed by atoms with Crippen LogP contribution in [-0.2, 0) is 0 Å². The van der Waals surface area contributed by atoms with E-state index in [9.17, 15) is 0 Å². The van der Waals surface area contributed by atoms with Gasteiger partial charge in [0.15, 0.2) is 0 Å². The van der Waals surface area contributed by atoms with Gasteiger partial charge in [0.2, 0.25) is 0 Å². The summed E-state index contributed by atoms with van der Waals surface area (Å²) in [7, 11) is 0. The van der Waals surface area contributed by atoms with Gasteiger partial charge in [-0.3, -0.25) is 0 Å². The number of nitrogen functional groups attached to an aromatic ring is 1. The Labute approximate surface area is 91.7 Å². The SMILES string of the molecule is Br.Br.Nc1ccc2cc[nH]c2c1. The van der Waals surface area contributed by atoms with Crippen LogP contribution in [0.15, 0.2) is 30.5 Å². The van der Waals surface area contributed by atoms with Crippen LogP contribution in [0.5, 0.6) is 0 Å². The molecule has 0 radical (unpaired) electrons. The number of H-pyrrole nitrogens is 1. The zero-order valence-electron chi connectivity index (χ0n) is 6.28. The maximum atomic E-state index is 5.56. The summed E-state index contributed by atoms with van der Waals surface area (Å²) in [4.78, 5) is 3.08. The molecule has 4 heteroatoms. The molecule has 12 heavy (non-hydrogen) atoms. The van der Waals surface area contributed by atoms with E-state index >= 15 is 0 Å². The van der Waals surface area contributed by atoms with Crippen molar-refractivity contribution in [3.05, 3.63) is 30.5 Å². The summed E-state index contributed by atoms with van der Waals surface area (Å²) in [6, 6.07) is 7.85. The molecule has 2 rings (SSSR count). The van der Waals surface area contributed by atoms with E-state index < -0.39 is 0 Å². The fourth-order valence-corrected chi connectivity index (χ4v) is 1.07. The van der Waals surface area contributed by atoms with Crippen LogP contribution in [0.2, 0.25) is 0 Å². The van der Waals surface area contributed by atoms with Crippen molar-refractivity contribution < 1.29 is 0 Å². The first kappa shape index (κ1) is 11.5. The Morgan fingerprint density at radius 1 is 1.08 bits per heavy atom. The monoisotopic (exact) mass is 292 g/mol. The van der Waals surface area contributed by atoms with Crippen LogP contribution in [0.4, 0.5) is 5.69 Å². The molecule has 0 saturated heterocycles. The van der Waals surface area contributed by atoms with Crippen LogP contribution < -0.4 is 5.73 Å². The third-order valence-electron chi connectivity index (χ3n) is 1.58. The number of hydrogen-bond donors (Lipinski definition) is 2. The van der Waals surface area contributed by atoms with Gasteiger partial charge in [-0.05, 0) is 23.6 Å². The average Bonchev–Trinajstić information content (AvgIpc) is 2.33. The summed E-state index contributed by atoms with van der Waals surface area (Å²) in [6.45, 7) is 0. The minimum atomic E-state index is 0. The van der Waals surface area contributed by atoms with E-state index in [4.69, 9.17) is 5.73 Å². The first-order chi connectivity index (χ1) is 4.86. The van der Waals surface area contributed by atoms with E-state index in [-0.39, 0.29) is 34.0 Å². The number of anilines is 1. The van der Waals surface area contributed by atoms with Crippen molar-refractivity contribution in [3.8, 4) is 0 Å². The molecule has 1 aromatic carbocycles. The fourth-order valence-electron chi connectivity index (χ4n) is 1.07. The molecule has 3 N–H and O–H groups in total. The lowest BCUT2D eigenvalue weighted by Gasteiger charge is -1.90. The van der Waals surface area contributed by atoms with E-state index in [0.717, 1.165) is 11.2 Å². The maximum absolute atomic E-state index is 5.56. The molecule has 1 heterocycles. The highest BCUT2D eigenvalue weighted by molar-refractivity contribution is 8.93. The number of hydrogen-bond acceptors (Lipinski definition) is 1. The molecule has 0 saturated carbocycles.